The molecule has 1 aliphatic carbocycles. The fraction of sp³-hybridized carbons (Fsp3) is 0.500. The molecule has 0 bridgehead atoms. The fourth-order valence-corrected chi connectivity index (χ4v) is 12.9. The molecule has 3 aromatic carbocycles. The first-order valence-electron chi connectivity index (χ1n) is 15.8. The summed E-state index contributed by atoms with van der Waals surface area (Å²) in [6.45, 7) is 9.55. The van der Waals surface area contributed by atoms with Gasteiger partial charge in [-0.05, 0) is 65.7 Å². The second kappa shape index (κ2) is 12.2. The minimum absolute atomic E-state index is 0.132. The van der Waals surface area contributed by atoms with E-state index >= 15 is 0 Å². The normalized spacial score (nSPS) is 31.5. The van der Waals surface area contributed by atoms with Crippen molar-refractivity contribution >= 4 is 18.7 Å². The van der Waals surface area contributed by atoms with Crippen LogP contribution in [-0.2, 0) is 24.1 Å². The molecule has 2 aliphatic heterocycles. The van der Waals surface area contributed by atoms with Gasteiger partial charge in [-0.3, -0.25) is 0 Å². The molecular weight excluding hydrogens is 559 g/mol. The van der Waals surface area contributed by atoms with Crippen molar-refractivity contribution in [1.29, 1.82) is 0 Å². The molecule has 6 rings (SSSR count). The molecule has 0 spiro atoms. The lowest BCUT2D eigenvalue weighted by Gasteiger charge is -2.50. The Kier molecular flexibility index (Phi) is 8.68. The minimum atomic E-state index is -2.99. The third-order valence-corrected chi connectivity index (χ3v) is 15.1. The average Bonchev–Trinajstić information content (AvgIpc) is 3.30. The molecule has 5 nitrogen and oxygen atoms in total. The molecule has 7 atom stereocenters. The number of aliphatic hydroxyl groups is 1. The van der Waals surface area contributed by atoms with Gasteiger partial charge in [0.15, 0.2) is 12.6 Å². The molecule has 43 heavy (non-hydrogen) atoms. The molecule has 3 aliphatic rings. The summed E-state index contributed by atoms with van der Waals surface area (Å²) < 4.78 is 41.2. The first-order valence-corrected chi connectivity index (χ1v) is 17.7. The van der Waals surface area contributed by atoms with E-state index in [1.54, 1.807) is 0 Å². The van der Waals surface area contributed by atoms with Crippen LogP contribution in [0.4, 0.5) is 4.39 Å². The van der Waals surface area contributed by atoms with Crippen molar-refractivity contribution in [2.45, 2.75) is 101 Å². The fourth-order valence-electron chi connectivity index (χ4n) is 8.11. The summed E-state index contributed by atoms with van der Waals surface area (Å²) in [4.78, 5) is 0. The predicted octanol–water partition coefficient (Wildman–Crippen LogP) is 6.07. The number of aliphatic hydroxyl groups excluding tert-OH is 1. The van der Waals surface area contributed by atoms with Gasteiger partial charge in [0.1, 0.15) is 5.82 Å². The van der Waals surface area contributed by atoms with Crippen LogP contribution in [0.15, 0.2) is 84.9 Å². The Labute approximate surface area is 256 Å². The van der Waals surface area contributed by atoms with Crippen LogP contribution in [0.5, 0.6) is 0 Å². The average molecular weight is 605 g/mol. The lowest BCUT2D eigenvalue weighted by Crippen LogP contribution is -2.69. The molecule has 2 heterocycles. The first-order chi connectivity index (χ1) is 20.6. The first kappa shape index (κ1) is 30.6. The number of benzene rings is 3. The quantitative estimate of drug-likeness (QED) is 0.332. The number of hydrogen-bond acceptors (Lipinski definition) is 5. The zero-order chi connectivity index (χ0) is 30.2. The van der Waals surface area contributed by atoms with E-state index in [1.165, 1.54) is 22.5 Å². The van der Waals surface area contributed by atoms with Crippen LogP contribution in [-0.4, -0.2) is 50.9 Å². The van der Waals surface area contributed by atoms with Gasteiger partial charge in [0.05, 0.1) is 18.3 Å². The molecule has 3 fully saturated rings. The van der Waals surface area contributed by atoms with Gasteiger partial charge in [-0.15, -0.1) is 0 Å². The Morgan fingerprint density at radius 3 is 2.09 bits per heavy atom. The summed E-state index contributed by atoms with van der Waals surface area (Å²) in [6, 6.07) is 28.1. The maximum absolute atomic E-state index is 14.2. The topological polar surface area (TPSA) is 57.2 Å². The van der Waals surface area contributed by atoms with Crippen molar-refractivity contribution < 1.29 is 28.1 Å². The zero-order valence-electron chi connectivity index (χ0n) is 25.7. The predicted molar refractivity (Wildman–Crippen MR) is 168 cm³/mol. The molecule has 0 amide bonds. The number of ether oxygens (including phenoxy) is 3. The SMILES string of the molecule is CC1OC(O)C[C@@H]2[C@@H](O[Si](c3ccccc3)(c3ccccc3)C(C)(C)C)[C@@H](OC3CCCCO3)C[C@@]12c1ccc(F)cc1. The molecule has 7 heteroatoms. The van der Waals surface area contributed by atoms with Crippen molar-refractivity contribution in [3.63, 3.8) is 0 Å². The highest BCUT2D eigenvalue weighted by atomic mass is 28.4. The molecule has 3 unspecified atom stereocenters. The van der Waals surface area contributed by atoms with Gasteiger partial charge >= 0.3 is 0 Å². The van der Waals surface area contributed by atoms with Crippen LogP contribution < -0.4 is 10.4 Å². The molecule has 0 radical (unpaired) electrons. The van der Waals surface area contributed by atoms with Crippen LogP contribution in [0, 0.1) is 11.7 Å². The zero-order valence-corrected chi connectivity index (χ0v) is 26.7. The maximum Gasteiger partial charge on any atom is 0.261 e. The van der Waals surface area contributed by atoms with Crippen LogP contribution in [0.25, 0.3) is 0 Å². The molecular formula is C36H45FO5Si. The van der Waals surface area contributed by atoms with Gasteiger partial charge in [-0.2, -0.15) is 0 Å². The van der Waals surface area contributed by atoms with Crippen LogP contribution in [0.3, 0.4) is 0 Å². The van der Waals surface area contributed by atoms with Crippen molar-refractivity contribution in [2.24, 2.45) is 5.92 Å². The smallest absolute Gasteiger partial charge is 0.261 e. The third-order valence-electron chi connectivity index (χ3n) is 10.1. The van der Waals surface area contributed by atoms with Crippen molar-refractivity contribution in [3.05, 3.63) is 96.3 Å². The maximum atomic E-state index is 14.2. The van der Waals surface area contributed by atoms with E-state index in [1.807, 2.05) is 31.2 Å². The van der Waals surface area contributed by atoms with Crippen molar-refractivity contribution in [3.8, 4) is 0 Å². The Hall–Kier alpha value is -2.39. The number of hydrogen-bond donors (Lipinski definition) is 1. The Morgan fingerprint density at radius 1 is 0.907 bits per heavy atom. The Balaban J connectivity index is 1.53. The van der Waals surface area contributed by atoms with Gasteiger partial charge in [-0.25, -0.2) is 4.39 Å². The molecule has 230 valence electrons. The standard InChI is InChI=1S/C36H45FO5Si/c1-25-36(26-18-20-27(37)21-19-26)24-31(41-33-17-11-12-22-39-33)34(30(36)23-32(38)40-25)42-43(35(2,3)4,28-13-7-5-8-14-28)29-15-9-6-10-16-29/h5-10,13-16,18-21,25,30-34,38H,11-12,17,22-24H2,1-4H3/t25?,30-,31+,32?,33?,34-,36+/m1/s1. The number of rotatable bonds is 7. The van der Waals surface area contributed by atoms with E-state index in [-0.39, 0.29) is 41.4 Å². The van der Waals surface area contributed by atoms with Gasteiger partial charge in [0.25, 0.3) is 8.32 Å². The summed E-state index contributed by atoms with van der Waals surface area (Å²) in [5.41, 5.74) is 0.451. The molecule has 1 saturated carbocycles. The summed E-state index contributed by atoms with van der Waals surface area (Å²) in [5, 5.41) is 13.2. The van der Waals surface area contributed by atoms with Gasteiger partial charge < -0.3 is 23.7 Å². The second-order valence-electron chi connectivity index (χ2n) is 13.5. The molecule has 0 aromatic heterocycles. The summed E-state index contributed by atoms with van der Waals surface area (Å²) in [6.07, 6.45) is 1.71. The van der Waals surface area contributed by atoms with Gasteiger partial charge in [-0.1, -0.05) is 93.6 Å². The highest BCUT2D eigenvalue weighted by Gasteiger charge is 2.64. The highest BCUT2D eigenvalue weighted by Crippen LogP contribution is 2.57. The molecule has 1 N–H and O–H groups in total. The lowest BCUT2D eigenvalue weighted by atomic mass is 9.65. The Bertz CT molecular complexity index is 1300. The number of halogens is 1. The second-order valence-corrected chi connectivity index (χ2v) is 17.8. The molecule has 3 aromatic rings. The number of fused-ring (bicyclic) bond motifs is 1. The summed E-state index contributed by atoms with van der Waals surface area (Å²) in [7, 11) is -2.99. The van der Waals surface area contributed by atoms with Crippen LogP contribution in [0.1, 0.15) is 65.4 Å². The molecule has 2 saturated heterocycles. The van der Waals surface area contributed by atoms with E-state index in [9.17, 15) is 9.50 Å². The van der Waals surface area contributed by atoms with E-state index in [2.05, 4.69) is 69.3 Å². The summed E-state index contributed by atoms with van der Waals surface area (Å²) >= 11 is 0. The lowest BCUT2D eigenvalue weighted by molar-refractivity contribution is -0.209. The third kappa shape index (κ3) is 5.53. The van der Waals surface area contributed by atoms with Crippen LogP contribution in [0.2, 0.25) is 5.04 Å². The van der Waals surface area contributed by atoms with Gasteiger partial charge in [0, 0.05) is 24.4 Å². The van der Waals surface area contributed by atoms with Crippen LogP contribution >= 0.6 is 0 Å². The minimum Gasteiger partial charge on any atom is -0.401 e. The highest BCUT2D eigenvalue weighted by molar-refractivity contribution is 6.99. The monoisotopic (exact) mass is 604 g/mol. The largest absolute Gasteiger partial charge is 0.401 e. The van der Waals surface area contributed by atoms with E-state index in [4.69, 9.17) is 18.6 Å². The van der Waals surface area contributed by atoms with Gasteiger partial charge in [0.2, 0.25) is 0 Å². The van der Waals surface area contributed by atoms with E-state index in [0.717, 1.165) is 24.8 Å². The van der Waals surface area contributed by atoms with E-state index < -0.39 is 20.0 Å². The van der Waals surface area contributed by atoms with Crippen molar-refractivity contribution in [1.82, 2.24) is 0 Å². The van der Waals surface area contributed by atoms with Crippen molar-refractivity contribution in [2.75, 3.05) is 6.61 Å². The van der Waals surface area contributed by atoms with E-state index in [0.29, 0.717) is 19.4 Å². The summed E-state index contributed by atoms with van der Waals surface area (Å²) in [5.74, 6) is -0.408. The Morgan fingerprint density at radius 2 is 1.53 bits per heavy atom.